The second-order valence-corrected chi connectivity index (χ2v) is 4.95. The van der Waals surface area contributed by atoms with E-state index in [0.29, 0.717) is 17.3 Å². The maximum atomic E-state index is 5.49. The predicted octanol–water partition coefficient (Wildman–Crippen LogP) is 2.15. The topological polar surface area (TPSA) is 63.8 Å². The van der Waals surface area contributed by atoms with Crippen LogP contribution in [-0.2, 0) is 0 Å². The van der Waals surface area contributed by atoms with Gasteiger partial charge in [-0.3, -0.25) is 0 Å². The average molecular weight is 208 g/mol. The van der Waals surface area contributed by atoms with Gasteiger partial charge in [0.2, 0.25) is 5.95 Å². The first-order valence-corrected chi connectivity index (χ1v) is 5.22. The van der Waals surface area contributed by atoms with Crippen molar-refractivity contribution in [1.82, 2.24) is 9.97 Å². The fourth-order valence-electron chi connectivity index (χ4n) is 1.04. The Labute approximate surface area is 91.3 Å². The zero-order chi connectivity index (χ0) is 11.5. The smallest absolute Gasteiger partial charge is 0.221 e. The quantitative estimate of drug-likeness (QED) is 0.799. The molecular formula is C11H20N4. The molecule has 0 aromatic carbocycles. The van der Waals surface area contributed by atoms with E-state index in [0.717, 1.165) is 12.4 Å². The van der Waals surface area contributed by atoms with Gasteiger partial charge in [0.1, 0.15) is 5.82 Å². The summed E-state index contributed by atoms with van der Waals surface area (Å²) >= 11 is 0. The zero-order valence-corrected chi connectivity index (χ0v) is 9.91. The Bertz CT molecular complexity index is 317. The van der Waals surface area contributed by atoms with Crippen LogP contribution in [0.25, 0.3) is 0 Å². The van der Waals surface area contributed by atoms with Crippen LogP contribution in [0.3, 0.4) is 0 Å². The van der Waals surface area contributed by atoms with Gasteiger partial charge in [0.25, 0.3) is 0 Å². The van der Waals surface area contributed by atoms with E-state index in [1.807, 2.05) is 6.07 Å². The van der Waals surface area contributed by atoms with E-state index in [1.165, 1.54) is 0 Å². The van der Waals surface area contributed by atoms with Gasteiger partial charge in [-0.05, 0) is 17.4 Å². The SMILES string of the molecule is CC(CNc1ccnc(N)n1)C(C)(C)C. The fraction of sp³-hybridized carbons (Fsp3) is 0.636. The van der Waals surface area contributed by atoms with E-state index in [9.17, 15) is 0 Å². The van der Waals surface area contributed by atoms with Crippen molar-refractivity contribution < 1.29 is 0 Å². The molecule has 4 nitrogen and oxygen atoms in total. The highest BCUT2D eigenvalue weighted by molar-refractivity contribution is 5.37. The second-order valence-electron chi connectivity index (χ2n) is 4.95. The molecule has 1 atom stereocenters. The lowest BCUT2D eigenvalue weighted by Crippen LogP contribution is -2.25. The molecule has 3 N–H and O–H groups in total. The van der Waals surface area contributed by atoms with Crippen LogP contribution in [0, 0.1) is 11.3 Å². The summed E-state index contributed by atoms with van der Waals surface area (Å²) in [7, 11) is 0. The normalized spacial score (nSPS) is 13.6. The highest BCUT2D eigenvalue weighted by Crippen LogP contribution is 2.25. The van der Waals surface area contributed by atoms with Crippen molar-refractivity contribution in [3.63, 3.8) is 0 Å². The summed E-state index contributed by atoms with van der Waals surface area (Å²) in [4.78, 5) is 7.93. The van der Waals surface area contributed by atoms with Crippen molar-refractivity contribution in [2.75, 3.05) is 17.6 Å². The second kappa shape index (κ2) is 4.47. The Hall–Kier alpha value is -1.32. The molecule has 0 spiro atoms. The van der Waals surface area contributed by atoms with Crippen molar-refractivity contribution >= 4 is 11.8 Å². The molecule has 0 aliphatic rings. The number of hydrogen-bond acceptors (Lipinski definition) is 4. The minimum absolute atomic E-state index is 0.297. The molecule has 84 valence electrons. The number of nitrogens with zero attached hydrogens (tertiary/aromatic N) is 2. The largest absolute Gasteiger partial charge is 0.370 e. The zero-order valence-electron chi connectivity index (χ0n) is 9.91. The standard InChI is InChI=1S/C11H20N4/c1-8(11(2,3)4)7-14-9-5-6-13-10(12)15-9/h5-6,8H,7H2,1-4H3,(H3,12,13,14,15). The molecule has 0 saturated carbocycles. The molecule has 4 heteroatoms. The number of anilines is 2. The molecule has 15 heavy (non-hydrogen) atoms. The van der Waals surface area contributed by atoms with Crippen LogP contribution in [0.2, 0.25) is 0 Å². The first-order chi connectivity index (χ1) is 6.89. The Morgan fingerprint density at radius 1 is 1.47 bits per heavy atom. The van der Waals surface area contributed by atoms with Crippen LogP contribution in [0.4, 0.5) is 11.8 Å². The third kappa shape index (κ3) is 3.73. The molecule has 1 heterocycles. The summed E-state index contributed by atoms with van der Waals surface area (Å²) in [6.07, 6.45) is 1.66. The van der Waals surface area contributed by atoms with Gasteiger partial charge < -0.3 is 11.1 Å². The predicted molar refractivity (Wildman–Crippen MR) is 63.6 cm³/mol. The van der Waals surface area contributed by atoms with Crippen molar-refractivity contribution in [1.29, 1.82) is 0 Å². The molecule has 0 bridgehead atoms. The summed E-state index contributed by atoms with van der Waals surface area (Å²) < 4.78 is 0. The van der Waals surface area contributed by atoms with Crippen molar-refractivity contribution in [3.8, 4) is 0 Å². The molecule has 1 aromatic heterocycles. The van der Waals surface area contributed by atoms with Crippen LogP contribution in [0.5, 0.6) is 0 Å². The van der Waals surface area contributed by atoms with Gasteiger partial charge in [0.05, 0.1) is 0 Å². The average Bonchev–Trinajstić information content (AvgIpc) is 2.12. The summed E-state index contributed by atoms with van der Waals surface area (Å²) in [5.41, 5.74) is 5.79. The minimum Gasteiger partial charge on any atom is -0.370 e. The first kappa shape index (κ1) is 11.8. The van der Waals surface area contributed by atoms with Gasteiger partial charge in [-0.2, -0.15) is 4.98 Å². The van der Waals surface area contributed by atoms with E-state index in [2.05, 4.69) is 43.0 Å². The van der Waals surface area contributed by atoms with Gasteiger partial charge in [0, 0.05) is 12.7 Å². The van der Waals surface area contributed by atoms with E-state index in [4.69, 9.17) is 5.73 Å². The number of hydrogen-bond donors (Lipinski definition) is 2. The highest BCUT2D eigenvalue weighted by atomic mass is 15.1. The summed E-state index contributed by atoms with van der Waals surface area (Å²) in [6.45, 7) is 9.80. The Kier molecular flexibility index (Phi) is 3.50. The van der Waals surface area contributed by atoms with Gasteiger partial charge in [-0.1, -0.05) is 27.7 Å². The maximum Gasteiger partial charge on any atom is 0.221 e. The van der Waals surface area contributed by atoms with E-state index in [-0.39, 0.29) is 0 Å². The number of nitrogens with one attached hydrogen (secondary N) is 1. The molecule has 1 rings (SSSR count). The lowest BCUT2D eigenvalue weighted by atomic mass is 9.82. The van der Waals surface area contributed by atoms with Crippen LogP contribution in [-0.4, -0.2) is 16.5 Å². The molecule has 0 aliphatic carbocycles. The van der Waals surface area contributed by atoms with Crippen LogP contribution >= 0.6 is 0 Å². The molecule has 1 unspecified atom stereocenters. The molecular weight excluding hydrogens is 188 g/mol. The highest BCUT2D eigenvalue weighted by Gasteiger charge is 2.19. The summed E-state index contributed by atoms with van der Waals surface area (Å²) in [5.74, 6) is 1.66. The molecule has 0 radical (unpaired) electrons. The van der Waals surface area contributed by atoms with Crippen LogP contribution in [0.1, 0.15) is 27.7 Å². The maximum absolute atomic E-state index is 5.49. The molecule has 0 amide bonds. The number of rotatable bonds is 3. The number of aromatic nitrogens is 2. The van der Waals surface area contributed by atoms with Crippen LogP contribution in [0.15, 0.2) is 12.3 Å². The summed E-state index contributed by atoms with van der Waals surface area (Å²) in [5, 5.41) is 3.26. The minimum atomic E-state index is 0.297. The third-order valence-electron chi connectivity index (χ3n) is 2.74. The molecule has 0 aliphatic heterocycles. The van der Waals surface area contributed by atoms with Crippen molar-refractivity contribution in [2.24, 2.45) is 11.3 Å². The Morgan fingerprint density at radius 3 is 2.67 bits per heavy atom. The van der Waals surface area contributed by atoms with E-state index < -0.39 is 0 Å². The lowest BCUT2D eigenvalue weighted by Gasteiger charge is -2.27. The monoisotopic (exact) mass is 208 g/mol. The van der Waals surface area contributed by atoms with Crippen molar-refractivity contribution in [3.05, 3.63) is 12.3 Å². The summed E-state index contributed by atoms with van der Waals surface area (Å²) in [6, 6.07) is 1.83. The molecule has 0 fully saturated rings. The number of nitrogen functional groups attached to an aromatic ring is 1. The first-order valence-electron chi connectivity index (χ1n) is 5.22. The Morgan fingerprint density at radius 2 is 2.13 bits per heavy atom. The lowest BCUT2D eigenvalue weighted by molar-refractivity contribution is 0.274. The Balaban J connectivity index is 2.51. The fourth-order valence-corrected chi connectivity index (χ4v) is 1.04. The number of nitrogens with two attached hydrogens (primary N) is 1. The molecule has 1 aromatic rings. The van der Waals surface area contributed by atoms with Crippen molar-refractivity contribution in [2.45, 2.75) is 27.7 Å². The van der Waals surface area contributed by atoms with E-state index >= 15 is 0 Å². The van der Waals surface area contributed by atoms with Gasteiger partial charge >= 0.3 is 0 Å². The van der Waals surface area contributed by atoms with E-state index in [1.54, 1.807) is 6.20 Å². The third-order valence-corrected chi connectivity index (χ3v) is 2.74. The van der Waals surface area contributed by atoms with Gasteiger partial charge in [0.15, 0.2) is 0 Å². The van der Waals surface area contributed by atoms with Crippen LogP contribution < -0.4 is 11.1 Å². The van der Waals surface area contributed by atoms with Gasteiger partial charge in [-0.25, -0.2) is 4.98 Å². The van der Waals surface area contributed by atoms with Gasteiger partial charge in [-0.15, -0.1) is 0 Å². The molecule has 0 saturated heterocycles.